The molecule has 2 rings (SSSR count). The summed E-state index contributed by atoms with van der Waals surface area (Å²) < 4.78 is 6.85. The van der Waals surface area contributed by atoms with Gasteiger partial charge in [0.1, 0.15) is 11.5 Å². The number of furan rings is 1. The fourth-order valence-corrected chi connectivity index (χ4v) is 2.59. The Morgan fingerprint density at radius 2 is 1.88 bits per heavy atom. The van der Waals surface area contributed by atoms with Crippen LogP contribution in [0.5, 0.6) is 0 Å². The molecule has 26 heavy (non-hydrogen) atoms. The van der Waals surface area contributed by atoms with E-state index < -0.39 is 6.03 Å². The van der Waals surface area contributed by atoms with E-state index in [0.29, 0.717) is 6.54 Å². The summed E-state index contributed by atoms with van der Waals surface area (Å²) in [7, 11) is 1.80. The fourth-order valence-electron chi connectivity index (χ4n) is 2.33. The quantitative estimate of drug-likeness (QED) is 0.713. The van der Waals surface area contributed by atoms with Crippen molar-refractivity contribution in [3.05, 3.63) is 46.6 Å². The Morgan fingerprint density at radius 3 is 2.54 bits per heavy atom. The second kappa shape index (κ2) is 9.54. The van der Waals surface area contributed by atoms with Gasteiger partial charge in [-0.3, -0.25) is 15.0 Å². The Balaban J connectivity index is 1.84. The molecule has 0 saturated carbocycles. The first-order chi connectivity index (χ1) is 12.4. The number of amides is 3. The first-order valence-electron chi connectivity index (χ1n) is 8.51. The van der Waals surface area contributed by atoms with E-state index in [-0.39, 0.29) is 18.5 Å². The van der Waals surface area contributed by atoms with Crippen LogP contribution < -0.4 is 10.6 Å². The molecule has 1 atom stereocenters. The lowest BCUT2D eigenvalue weighted by Crippen LogP contribution is -2.46. The van der Waals surface area contributed by atoms with Gasteiger partial charge in [-0.15, -0.1) is 0 Å². The van der Waals surface area contributed by atoms with E-state index in [1.807, 2.05) is 50.2 Å². The SMILES string of the molecule is CC[C@H](C)NC(=O)NC(=O)CN(C)Cc1ccc(-c2ccc(Br)cc2)o1. The average molecular weight is 422 g/mol. The van der Waals surface area contributed by atoms with Gasteiger partial charge in [-0.25, -0.2) is 4.79 Å². The second-order valence-corrected chi connectivity index (χ2v) is 7.19. The largest absolute Gasteiger partial charge is 0.460 e. The first-order valence-corrected chi connectivity index (χ1v) is 9.30. The summed E-state index contributed by atoms with van der Waals surface area (Å²) in [6.07, 6.45) is 0.806. The molecule has 0 aliphatic carbocycles. The number of nitrogens with zero attached hydrogens (tertiary/aromatic N) is 1. The normalized spacial score (nSPS) is 12.0. The molecular formula is C19H24BrN3O3. The van der Waals surface area contributed by atoms with E-state index in [2.05, 4.69) is 26.6 Å². The summed E-state index contributed by atoms with van der Waals surface area (Å²) in [5.41, 5.74) is 0.988. The number of carbonyl (C=O) groups excluding carboxylic acids is 2. The number of carbonyl (C=O) groups is 2. The summed E-state index contributed by atoms with van der Waals surface area (Å²) in [5.74, 6) is 1.17. The molecule has 0 spiro atoms. The Hall–Kier alpha value is -2.12. The van der Waals surface area contributed by atoms with Crippen LogP contribution >= 0.6 is 15.9 Å². The van der Waals surface area contributed by atoms with Crippen molar-refractivity contribution in [3.63, 3.8) is 0 Å². The highest BCUT2D eigenvalue weighted by atomic mass is 79.9. The van der Waals surface area contributed by atoms with Crippen molar-refractivity contribution in [1.29, 1.82) is 0 Å². The molecule has 1 aromatic heterocycles. The highest BCUT2D eigenvalue weighted by Gasteiger charge is 2.13. The third kappa shape index (κ3) is 6.31. The van der Waals surface area contributed by atoms with Crippen molar-refractivity contribution in [1.82, 2.24) is 15.5 Å². The molecule has 0 fully saturated rings. The number of hydrogen-bond donors (Lipinski definition) is 2. The van der Waals surface area contributed by atoms with Gasteiger partial charge in [-0.05, 0) is 44.7 Å². The smallest absolute Gasteiger partial charge is 0.321 e. The van der Waals surface area contributed by atoms with Crippen LogP contribution in [-0.2, 0) is 11.3 Å². The van der Waals surface area contributed by atoms with Crippen LogP contribution in [0.4, 0.5) is 4.79 Å². The molecule has 6 nitrogen and oxygen atoms in total. The van der Waals surface area contributed by atoms with Crippen molar-refractivity contribution < 1.29 is 14.0 Å². The van der Waals surface area contributed by atoms with Crippen molar-refractivity contribution in [2.45, 2.75) is 32.9 Å². The second-order valence-electron chi connectivity index (χ2n) is 6.28. The third-order valence-corrected chi connectivity index (χ3v) is 4.40. The number of likely N-dealkylation sites (N-methyl/N-ethyl adjacent to an activating group) is 1. The molecule has 0 saturated heterocycles. The Bertz CT molecular complexity index is 743. The predicted octanol–water partition coefficient (Wildman–Crippen LogP) is 3.77. The molecule has 0 bridgehead atoms. The molecule has 3 amide bonds. The van der Waals surface area contributed by atoms with Gasteiger partial charge in [-0.1, -0.05) is 35.0 Å². The number of benzene rings is 1. The standard InChI is InChI=1S/C19H24BrN3O3/c1-4-13(2)21-19(25)22-18(24)12-23(3)11-16-9-10-17(26-16)14-5-7-15(20)8-6-14/h5-10,13H,4,11-12H2,1-3H3,(H2,21,22,24,25)/t13-/m0/s1. The lowest BCUT2D eigenvalue weighted by molar-refractivity contribution is -0.121. The van der Waals surface area contributed by atoms with Gasteiger partial charge in [0.25, 0.3) is 0 Å². The molecule has 0 radical (unpaired) electrons. The third-order valence-electron chi connectivity index (χ3n) is 3.87. The zero-order valence-electron chi connectivity index (χ0n) is 15.2. The minimum Gasteiger partial charge on any atom is -0.460 e. The van der Waals surface area contributed by atoms with E-state index in [4.69, 9.17) is 4.42 Å². The van der Waals surface area contributed by atoms with Gasteiger partial charge in [0.15, 0.2) is 0 Å². The summed E-state index contributed by atoms with van der Waals surface area (Å²) >= 11 is 3.41. The number of urea groups is 1. The molecule has 140 valence electrons. The maximum atomic E-state index is 11.9. The van der Waals surface area contributed by atoms with E-state index in [9.17, 15) is 9.59 Å². The molecule has 2 N–H and O–H groups in total. The van der Waals surface area contributed by atoms with E-state index in [1.54, 1.807) is 11.9 Å². The maximum absolute atomic E-state index is 11.9. The molecular weight excluding hydrogens is 398 g/mol. The minimum absolute atomic E-state index is 0.0284. The van der Waals surface area contributed by atoms with Crippen molar-refractivity contribution in [3.8, 4) is 11.3 Å². The van der Waals surface area contributed by atoms with Gasteiger partial charge < -0.3 is 9.73 Å². The fraction of sp³-hybridized carbons (Fsp3) is 0.368. The molecule has 1 heterocycles. The topological polar surface area (TPSA) is 74.6 Å². The molecule has 0 aliphatic rings. The zero-order valence-corrected chi connectivity index (χ0v) is 16.8. The van der Waals surface area contributed by atoms with E-state index in [1.165, 1.54) is 0 Å². The van der Waals surface area contributed by atoms with Crippen molar-refractivity contribution >= 4 is 27.9 Å². The minimum atomic E-state index is -0.465. The number of nitrogens with one attached hydrogen (secondary N) is 2. The molecule has 0 unspecified atom stereocenters. The van der Waals surface area contributed by atoms with E-state index in [0.717, 1.165) is 28.0 Å². The predicted molar refractivity (Wildman–Crippen MR) is 105 cm³/mol. The lowest BCUT2D eigenvalue weighted by Gasteiger charge is -2.16. The number of rotatable bonds is 7. The Labute approximate surface area is 162 Å². The van der Waals surface area contributed by atoms with Crippen LogP contribution in [-0.4, -0.2) is 36.5 Å². The van der Waals surface area contributed by atoms with Crippen LogP contribution in [0.1, 0.15) is 26.0 Å². The molecule has 1 aromatic carbocycles. The van der Waals surface area contributed by atoms with Gasteiger partial charge in [0.2, 0.25) is 5.91 Å². The highest BCUT2D eigenvalue weighted by molar-refractivity contribution is 9.10. The Kier molecular flexibility index (Phi) is 7.41. The van der Waals surface area contributed by atoms with Crippen molar-refractivity contribution in [2.24, 2.45) is 0 Å². The summed E-state index contributed by atoms with van der Waals surface area (Å²) in [6.45, 7) is 4.42. The van der Waals surface area contributed by atoms with Crippen LogP contribution in [0.2, 0.25) is 0 Å². The molecule has 7 heteroatoms. The van der Waals surface area contributed by atoms with Gasteiger partial charge in [-0.2, -0.15) is 0 Å². The first kappa shape index (κ1) is 20.2. The van der Waals surface area contributed by atoms with E-state index >= 15 is 0 Å². The summed E-state index contributed by atoms with van der Waals surface area (Å²) in [6, 6.07) is 11.2. The average Bonchev–Trinajstić information content (AvgIpc) is 3.03. The molecule has 0 aliphatic heterocycles. The van der Waals surface area contributed by atoms with Crippen LogP contribution in [0.15, 0.2) is 45.3 Å². The van der Waals surface area contributed by atoms with Gasteiger partial charge >= 0.3 is 6.03 Å². The summed E-state index contributed by atoms with van der Waals surface area (Å²) in [5, 5.41) is 5.03. The molecule has 2 aromatic rings. The number of halogens is 1. The zero-order chi connectivity index (χ0) is 19.1. The number of imide groups is 1. The van der Waals surface area contributed by atoms with Crippen molar-refractivity contribution in [2.75, 3.05) is 13.6 Å². The van der Waals surface area contributed by atoms with Crippen LogP contribution in [0.25, 0.3) is 11.3 Å². The Morgan fingerprint density at radius 1 is 1.19 bits per heavy atom. The van der Waals surface area contributed by atoms with Gasteiger partial charge in [0.05, 0.1) is 13.1 Å². The highest BCUT2D eigenvalue weighted by Crippen LogP contribution is 2.24. The van der Waals surface area contributed by atoms with Gasteiger partial charge in [0, 0.05) is 16.1 Å². The lowest BCUT2D eigenvalue weighted by atomic mass is 10.2. The van der Waals surface area contributed by atoms with Crippen LogP contribution in [0, 0.1) is 0 Å². The van der Waals surface area contributed by atoms with Crippen LogP contribution in [0.3, 0.4) is 0 Å². The maximum Gasteiger partial charge on any atom is 0.321 e. The number of hydrogen-bond acceptors (Lipinski definition) is 4. The monoisotopic (exact) mass is 421 g/mol. The summed E-state index contributed by atoms with van der Waals surface area (Å²) in [4.78, 5) is 25.4.